The average Bonchev–Trinajstić information content (AvgIpc) is 2.70. The Balaban J connectivity index is 2.44. The highest BCUT2D eigenvalue weighted by Crippen LogP contribution is 2.21. The van der Waals surface area contributed by atoms with Crippen LogP contribution in [0.5, 0.6) is 0 Å². The minimum Gasteiger partial charge on any atom is -0.444 e. The van der Waals surface area contributed by atoms with Gasteiger partial charge in [-0.2, -0.15) is 0 Å². The van der Waals surface area contributed by atoms with Crippen molar-refractivity contribution in [3.05, 3.63) is 36.4 Å². The van der Waals surface area contributed by atoms with Crippen molar-refractivity contribution < 1.29 is 14.5 Å². The number of hydrogen-bond donors (Lipinski definition) is 2. The topological polar surface area (TPSA) is 66.5 Å². The number of aromatic nitrogens is 1. The van der Waals surface area contributed by atoms with Crippen molar-refractivity contribution >= 4 is 12.6 Å². The molecule has 1 aromatic carbocycles. The van der Waals surface area contributed by atoms with Crippen LogP contribution in [0.2, 0.25) is 0 Å². The molecule has 1 aromatic heterocycles. The van der Waals surface area contributed by atoms with E-state index in [1.165, 1.54) is 6.39 Å². The maximum Gasteiger partial charge on any atom is 0.488 e. The summed E-state index contributed by atoms with van der Waals surface area (Å²) in [6.45, 7) is 1.88. The van der Waals surface area contributed by atoms with Gasteiger partial charge in [0.1, 0.15) is 0 Å². The Morgan fingerprint density at radius 2 is 2.13 bits per heavy atom. The molecule has 2 N–H and O–H groups in total. The van der Waals surface area contributed by atoms with Crippen LogP contribution in [0.15, 0.2) is 35.2 Å². The highest BCUT2D eigenvalue weighted by atomic mass is 16.4. The fourth-order valence-electron chi connectivity index (χ4n) is 1.47. The Kier molecular flexibility index (Phi) is 2.57. The summed E-state index contributed by atoms with van der Waals surface area (Å²) < 4.78 is 5.16. The first-order chi connectivity index (χ1) is 7.18. The van der Waals surface area contributed by atoms with Gasteiger partial charge in [-0.1, -0.05) is 18.2 Å². The molecule has 0 saturated heterocycles. The van der Waals surface area contributed by atoms with E-state index in [1.54, 1.807) is 24.4 Å². The number of oxazole rings is 1. The van der Waals surface area contributed by atoms with Crippen molar-refractivity contribution in [2.75, 3.05) is 0 Å². The molecule has 0 unspecified atom stereocenters. The second-order valence-electron chi connectivity index (χ2n) is 3.31. The van der Waals surface area contributed by atoms with Gasteiger partial charge >= 0.3 is 7.12 Å². The molecule has 0 radical (unpaired) electrons. The highest BCUT2D eigenvalue weighted by Gasteiger charge is 2.13. The average molecular weight is 203 g/mol. The molecule has 0 amide bonds. The maximum absolute atomic E-state index is 8.99. The zero-order valence-corrected chi connectivity index (χ0v) is 8.21. The van der Waals surface area contributed by atoms with Crippen molar-refractivity contribution in [1.29, 1.82) is 0 Å². The molecule has 0 aliphatic carbocycles. The first-order valence-corrected chi connectivity index (χ1v) is 4.54. The Hall–Kier alpha value is -1.59. The molecule has 0 atom stereocenters. The lowest BCUT2D eigenvalue weighted by molar-refractivity contribution is 0.425. The van der Waals surface area contributed by atoms with Crippen LogP contribution >= 0.6 is 0 Å². The molecule has 4 nitrogen and oxygen atoms in total. The molecule has 2 aromatic rings. The zero-order chi connectivity index (χ0) is 10.8. The van der Waals surface area contributed by atoms with Crippen LogP contribution in [0.4, 0.5) is 0 Å². The standard InChI is InChI=1S/C10H10BNO3/c1-7-4-8(11(13)14)2-3-9(7)10-5-12-6-15-10/h2-6,13-14H,1H3. The summed E-state index contributed by atoms with van der Waals surface area (Å²) in [5.41, 5.74) is 2.28. The molecule has 15 heavy (non-hydrogen) atoms. The predicted molar refractivity (Wildman–Crippen MR) is 56.5 cm³/mol. The molecule has 0 aliphatic heterocycles. The molecule has 0 aliphatic rings. The number of benzene rings is 1. The predicted octanol–water partition coefficient (Wildman–Crippen LogP) is 0.330. The summed E-state index contributed by atoms with van der Waals surface area (Å²) in [5.74, 6) is 0.673. The quantitative estimate of drug-likeness (QED) is 0.690. The van der Waals surface area contributed by atoms with E-state index in [1.807, 2.05) is 6.92 Å². The molecule has 76 valence electrons. The van der Waals surface area contributed by atoms with Gasteiger partial charge in [-0.25, -0.2) is 4.98 Å². The monoisotopic (exact) mass is 203 g/mol. The van der Waals surface area contributed by atoms with E-state index in [2.05, 4.69) is 4.98 Å². The van der Waals surface area contributed by atoms with Gasteiger partial charge in [-0.3, -0.25) is 0 Å². The molecule has 0 spiro atoms. The number of aryl methyl sites for hydroxylation is 1. The molecular weight excluding hydrogens is 193 g/mol. The Morgan fingerprint density at radius 1 is 1.33 bits per heavy atom. The number of hydrogen-bond acceptors (Lipinski definition) is 4. The van der Waals surface area contributed by atoms with Crippen LogP contribution in [0, 0.1) is 6.92 Å². The van der Waals surface area contributed by atoms with Gasteiger partial charge in [0.25, 0.3) is 0 Å². The summed E-state index contributed by atoms with van der Waals surface area (Å²) in [6, 6.07) is 5.14. The van der Waals surface area contributed by atoms with Crippen molar-refractivity contribution in [3.8, 4) is 11.3 Å². The first-order valence-electron chi connectivity index (χ1n) is 4.54. The third-order valence-corrected chi connectivity index (χ3v) is 2.25. The summed E-state index contributed by atoms with van der Waals surface area (Å²) >= 11 is 0. The van der Waals surface area contributed by atoms with Crippen LogP contribution < -0.4 is 5.46 Å². The molecule has 0 bridgehead atoms. The smallest absolute Gasteiger partial charge is 0.444 e. The third-order valence-electron chi connectivity index (χ3n) is 2.25. The summed E-state index contributed by atoms with van der Waals surface area (Å²) in [5, 5.41) is 18.0. The second-order valence-corrected chi connectivity index (χ2v) is 3.31. The van der Waals surface area contributed by atoms with Crippen molar-refractivity contribution in [2.45, 2.75) is 6.92 Å². The van der Waals surface area contributed by atoms with Gasteiger partial charge in [-0.05, 0) is 17.9 Å². The molecule has 2 rings (SSSR count). The molecular formula is C10H10BNO3. The van der Waals surface area contributed by atoms with E-state index in [4.69, 9.17) is 14.5 Å². The minimum absolute atomic E-state index is 0.468. The molecule has 0 saturated carbocycles. The van der Waals surface area contributed by atoms with E-state index in [0.717, 1.165) is 11.1 Å². The normalized spacial score (nSPS) is 10.3. The fraction of sp³-hybridized carbons (Fsp3) is 0.100. The van der Waals surface area contributed by atoms with Crippen molar-refractivity contribution in [1.82, 2.24) is 4.98 Å². The van der Waals surface area contributed by atoms with Crippen LogP contribution in [0.1, 0.15) is 5.56 Å². The molecule has 1 heterocycles. The van der Waals surface area contributed by atoms with Gasteiger partial charge in [0.15, 0.2) is 12.2 Å². The van der Waals surface area contributed by atoms with Crippen LogP contribution in [-0.2, 0) is 0 Å². The van der Waals surface area contributed by atoms with Gasteiger partial charge in [0, 0.05) is 5.56 Å². The van der Waals surface area contributed by atoms with Gasteiger partial charge < -0.3 is 14.5 Å². The van der Waals surface area contributed by atoms with E-state index in [9.17, 15) is 0 Å². The fourth-order valence-corrected chi connectivity index (χ4v) is 1.47. The Morgan fingerprint density at radius 3 is 2.67 bits per heavy atom. The second kappa shape index (κ2) is 3.88. The third kappa shape index (κ3) is 1.93. The van der Waals surface area contributed by atoms with E-state index in [0.29, 0.717) is 11.2 Å². The molecule has 0 fully saturated rings. The van der Waals surface area contributed by atoms with E-state index < -0.39 is 7.12 Å². The van der Waals surface area contributed by atoms with Crippen LogP contribution in [0.3, 0.4) is 0 Å². The Labute approximate surface area is 87.3 Å². The minimum atomic E-state index is -1.44. The summed E-state index contributed by atoms with van der Waals surface area (Å²) in [6.07, 6.45) is 2.99. The SMILES string of the molecule is Cc1cc(B(O)O)ccc1-c1cnco1. The lowest BCUT2D eigenvalue weighted by Crippen LogP contribution is -2.29. The van der Waals surface area contributed by atoms with E-state index in [-0.39, 0.29) is 0 Å². The summed E-state index contributed by atoms with van der Waals surface area (Å²) in [7, 11) is -1.44. The lowest BCUT2D eigenvalue weighted by Gasteiger charge is -2.05. The van der Waals surface area contributed by atoms with Crippen LogP contribution in [-0.4, -0.2) is 22.2 Å². The van der Waals surface area contributed by atoms with E-state index >= 15 is 0 Å². The van der Waals surface area contributed by atoms with Crippen LogP contribution in [0.25, 0.3) is 11.3 Å². The first kappa shape index (κ1) is 9.95. The largest absolute Gasteiger partial charge is 0.488 e. The Bertz CT molecular complexity index is 454. The zero-order valence-electron chi connectivity index (χ0n) is 8.21. The number of nitrogens with zero attached hydrogens (tertiary/aromatic N) is 1. The van der Waals surface area contributed by atoms with Crippen molar-refractivity contribution in [3.63, 3.8) is 0 Å². The van der Waals surface area contributed by atoms with Gasteiger partial charge in [0.05, 0.1) is 6.20 Å². The maximum atomic E-state index is 8.99. The summed E-state index contributed by atoms with van der Waals surface area (Å²) in [4.78, 5) is 3.83. The molecule has 5 heteroatoms. The van der Waals surface area contributed by atoms with Gasteiger partial charge in [-0.15, -0.1) is 0 Å². The lowest BCUT2D eigenvalue weighted by atomic mass is 9.79. The highest BCUT2D eigenvalue weighted by molar-refractivity contribution is 6.58. The number of rotatable bonds is 2. The van der Waals surface area contributed by atoms with Crippen molar-refractivity contribution in [2.24, 2.45) is 0 Å². The van der Waals surface area contributed by atoms with Gasteiger partial charge in [0.2, 0.25) is 0 Å².